The summed E-state index contributed by atoms with van der Waals surface area (Å²) in [6.45, 7) is 7.68. The summed E-state index contributed by atoms with van der Waals surface area (Å²) in [6, 6.07) is 5.90. The minimum absolute atomic E-state index is 0.527. The summed E-state index contributed by atoms with van der Waals surface area (Å²) in [5.74, 6) is 1.23. The maximum atomic E-state index is 11.6. The van der Waals surface area contributed by atoms with Crippen LogP contribution in [0.1, 0.15) is 57.6 Å². The van der Waals surface area contributed by atoms with Gasteiger partial charge in [0.1, 0.15) is 11.4 Å². The summed E-state index contributed by atoms with van der Waals surface area (Å²) in [7, 11) is 0. The number of benzene rings is 1. The van der Waals surface area contributed by atoms with Crippen molar-refractivity contribution in [3.63, 3.8) is 0 Å². The molecule has 0 aromatic heterocycles. The Labute approximate surface area is 114 Å². The standard InChI is InChI=1S/C16H22O3/c1-5-11-6-7-12-10-13(8-9-14(11)12)18-15(17)19-16(2,3)4/h8-11H,5-7H2,1-4H3. The zero-order chi connectivity index (χ0) is 14.0. The summed E-state index contributed by atoms with van der Waals surface area (Å²) >= 11 is 0. The molecule has 2 rings (SSSR count). The van der Waals surface area contributed by atoms with Crippen molar-refractivity contribution in [2.75, 3.05) is 0 Å². The van der Waals surface area contributed by atoms with E-state index in [-0.39, 0.29) is 0 Å². The molecule has 1 aromatic carbocycles. The number of carbonyl (C=O) groups is 1. The Kier molecular flexibility index (Phi) is 3.83. The van der Waals surface area contributed by atoms with Gasteiger partial charge in [0, 0.05) is 0 Å². The predicted octanol–water partition coefficient (Wildman–Crippen LogP) is 4.44. The third-order valence-corrected chi connectivity index (χ3v) is 3.40. The second-order valence-electron chi connectivity index (χ2n) is 6.07. The van der Waals surface area contributed by atoms with Gasteiger partial charge in [-0.25, -0.2) is 4.79 Å². The monoisotopic (exact) mass is 262 g/mol. The van der Waals surface area contributed by atoms with Crippen molar-refractivity contribution in [3.05, 3.63) is 29.3 Å². The third-order valence-electron chi connectivity index (χ3n) is 3.40. The van der Waals surface area contributed by atoms with Gasteiger partial charge in [0.15, 0.2) is 0 Å². The number of hydrogen-bond donors (Lipinski definition) is 0. The van der Waals surface area contributed by atoms with Gasteiger partial charge in [-0.2, -0.15) is 0 Å². The first-order chi connectivity index (χ1) is 8.89. The molecule has 1 aliphatic carbocycles. The number of aryl methyl sites for hydroxylation is 1. The molecule has 3 nitrogen and oxygen atoms in total. The van der Waals surface area contributed by atoms with Gasteiger partial charge < -0.3 is 9.47 Å². The minimum Gasteiger partial charge on any atom is -0.428 e. The predicted molar refractivity (Wildman–Crippen MR) is 74.7 cm³/mol. The average Bonchev–Trinajstić information content (AvgIpc) is 2.68. The molecule has 0 saturated heterocycles. The van der Waals surface area contributed by atoms with Crippen LogP contribution >= 0.6 is 0 Å². The maximum absolute atomic E-state index is 11.6. The number of carbonyl (C=O) groups excluding carboxylic acids is 1. The highest BCUT2D eigenvalue weighted by Crippen LogP contribution is 2.37. The van der Waals surface area contributed by atoms with Crippen LogP contribution in [-0.4, -0.2) is 11.8 Å². The van der Waals surface area contributed by atoms with E-state index in [9.17, 15) is 4.79 Å². The van der Waals surface area contributed by atoms with E-state index in [1.807, 2.05) is 32.9 Å². The maximum Gasteiger partial charge on any atom is 0.514 e. The summed E-state index contributed by atoms with van der Waals surface area (Å²) in [4.78, 5) is 11.6. The highest BCUT2D eigenvalue weighted by atomic mass is 16.7. The topological polar surface area (TPSA) is 35.5 Å². The van der Waals surface area contributed by atoms with Gasteiger partial charge in [-0.1, -0.05) is 13.0 Å². The molecule has 1 atom stereocenters. The van der Waals surface area contributed by atoms with Crippen LogP contribution in [0.2, 0.25) is 0 Å². The zero-order valence-electron chi connectivity index (χ0n) is 12.2. The largest absolute Gasteiger partial charge is 0.514 e. The lowest BCUT2D eigenvalue weighted by molar-refractivity contribution is 0.0206. The van der Waals surface area contributed by atoms with Gasteiger partial charge >= 0.3 is 6.16 Å². The molecule has 104 valence electrons. The second-order valence-corrected chi connectivity index (χ2v) is 6.07. The van der Waals surface area contributed by atoms with E-state index in [0.29, 0.717) is 11.7 Å². The molecule has 0 amide bonds. The Morgan fingerprint density at radius 1 is 1.37 bits per heavy atom. The summed E-state index contributed by atoms with van der Waals surface area (Å²) < 4.78 is 10.4. The van der Waals surface area contributed by atoms with E-state index in [1.165, 1.54) is 24.0 Å². The summed E-state index contributed by atoms with van der Waals surface area (Å²) in [5, 5.41) is 0. The molecular formula is C16H22O3. The van der Waals surface area contributed by atoms with E-state index in [2.05, 4.69) is 13.0 Å². The molecule has 1 unspecified atom stereocenters. The van der Waals surface area contributed by atoms with Crippen molar-refractivity contribution in [1.29, 1.82) is 0 Å². The van der Waals surface area contributed by atoms with Crippen LogP contribution in [0, 0.1) is 0 Å². The van der Waals surface area contributed by atoms with Crippen LogP contribution in [0.4, 0.5) is 4.79 Å². The Morgan fingerprint density at radius 2 is 2.11 bits per heavy atom. The van der Waals surface area contributed by atoms with Gasteiger partial charge in [-0.05, 0) is 69.2 Å². The highest BCUT2D eigenvalue weighted by molar-refractivity contribution is 5.64. The van der Waals surface area contributed by atoms with Gasteiger partial charge in [-0.15, -0.1) is 0 Å². The third kappa shape index (κ3) is 3.49. The number of fused-ring (bicyclic) bond motifs is 1. The normalized spacial score (nSPS) is 18.0. The molecule has 1 aromatic rings. The molecule has 0 bridgehead atoms. The van der Waals surface area contributed by atoms with Crippen molar-refractivity contribution in [1.82, 2.24) is 0 Å². The van der Waals surface area contributed by atoms with Gasteiger partial charge in [0.05, 0.1) is 0 Å². The molecule has 0 spiro atoms. The van der Waals surface area contributed by atoms with Crippen LogP contribution in [0.3, 0.4) is 0 Å². The van der Waals surface area contributed by atoms with Gasteiger partial charge in [-0.3, -0.25) is 0 Å². The van der Waals surface area contributed by atoms with Crippen LogP contribution in [-0.2, 0) is 11.2 Å². The van der Waals surface area contributed by atoms with Gasteiger partial charge in [0.2, 0.25) is 0 Å². The Balaban J connectivity index is 2.06. The lowest BCUT2D eigenvalue weighted by Gasteiger charge is -2.18. The molecule has 0 fully saturated rings. The van der Waals surface area contributed by atoms with Crippen molar-refractivity contribution in [3.8, 4) is 5.75 Å². The SMILES string of the molecule is CCC1CCc2cc(OC(=O)OC(C)(C)C)ccc21. The fraction of sp³-hybridized carbons (Fsp3) is 0.562. The lowest BCUT2D eigenvalue weighted by Crippen LogP contribution is -2.26. The van der Waals surface area contributed by atoms with Crippen molar-refractivity contribution in [2.45, 2.75) is 58.5 Å². The Bertz CT molecular complexity index is 471. The van der Waals surface area contributed by atoms with Crippen molar-refractivity contribution >= 4 is 6.16 Å². The number of ether oxygens (including phenoxy) is 2. The van der Waals surface area contributed by atoms with E-state index >= 15 is 0 Å². The summed E-state index contributed by atoms with van der Waals surface area (Å²) in [5.41, 5.74) is 2.17. The van der Waals surface area contributed by atoms with Gasteiger partial charge in [0.25, 0.3) is 0 Å². The first-order valence-corrected chi connectivity index (χ1v) is 6.92. The van der Waals surface area contributed by atoms with Crippen LogP contribution in [0.5, 0.6) is 5.75 Å². The molecule has 0 aliphatic heterocycles. The lowest BCUT2D eigenvalue weighted by atomic mass is 9.99. The van der Waals surface area contributed by atoms with Crippen LogP contribution < -0.4 is 4.74 Å². The van der Waals surface area contributed by atoms with E-state index < -0.39 is 11.8 Å². The molecular weight excluding hydrogens is 240 g/mol. The highest BCUT2D eigenvalue weighted by Gasteiger charge is 2.22. The van der Waals surface area contributed by atoms with E-state index in [4.69, 9.17) is 9.47 Å². The van der Waals surface area contributed by atoms with Crippen molar-refractivity contribution < 1.29 is 14.3 Å². The molecule has 3 heteroatoms. The first kappa shape index (κ1) is 13.9. The Morgan fingerprint density at radius 3 is 2.74 bits per heavy atom. The number of hydrogen-bond acceptors (Lipinski definition) is 3. The Hall–Kier alpha value is -1.51. The van der Waals surface area contributed by atoms with Crippen molar-refractivity contribution in [2.24, 2.45) is 0 Å². The summed E-state index contributed by atoms with van der Waals surface area (Å²) in [6.07, 6.45) is 2.79. The molecule has 19 heavy (non-hydrogen) atoms. The fourth-order valence-corrected chi connectivity index (χ4v) is 2.54. The fourth-order valence-electron chi connectivity index (χ4n) is 2.54. The smallest absolute Gasteiger partial charge is 0.428 e. The quantitative estimate of drug-likeness (QED) is 0.584. The molecule has 0 heterocycles. The number of rotatable bonds is 2. The molecule has 0 N–H and O–H groups in total. The van der Waals surface area contributed by atoms with E-state index in [0.717, 1.165) is 6.42 Å². The minimum atomic E-state index is -0.641. The van der Waals surface area contributed by atoms with E-state index in [1.54, 1.807) is 0 Å². The first-order valence-electron chi connectivity index (χ1n) is 6.92. The van der Waals surface area contributed by atoms with Crippen LogP contribution in [0.25, 0.3) is 0 Å². The molecule has 1 aliphatic rings. The molecule has 0 saturated carbocycles. The van der Waals surface area contributed by atoms with Crippen LogP contribution in [0.15, 0.2) is 18.2 Å². The second kappa shape index (κ2) is 5.24. The average molecular weight is 262 g/mol. The zero-order valence-corrected chi connectivity index (χ0v) is 12.2. The molecule has 0 radical (unpaired) electrons.